The standard InChI is InChI=1S/C22H34N6.HI/c1-19-24-13-17-28(19)14-7-6-12-25-22(23-2)26-21-10-15-27(16-11-21)18-20-8-4-3-5-9-20;/h3-5,8-9,13,17,21H,6-7,10-12,14-16,18H2,1-2H3,(H2,23,25,26);1H. The summed E-state index contributed by atoms with van der Waals surface area (Å²) in [5, 5.41) is 7.06. The highest BCUT2D eigenvalue weighted by Crippen LogP contribution is 2.13. The van der Waals surface area contributed by atoms with Crippen LogP contribution in [0.15, 0.2) is 47.7 Å². The Hall–Kier alpha value is -1.61. The van der Waals surface area contributed by atoms with E-state index in [1.54, 1.807) is 0 Å². The van der Waals surface area contributed by atoms with Gasteiger partial charge in [-0.3, -0.25) is 9.89 Å². The molecule has 1 aliphatic heterocycles. The number of guanidine groups is 1. The van der Waals surface area contributed by atoms with Gasteiger partial charge in [0.1, 0.15) is 5.82 Å². The summed E-state index contributed by atoms with van der Waals surface area (Å²) in [5.74, 6) is 2.02. The van der Waals surface area contributed by atoms with E-state index in [1.165, 1.54) is 5.56 Å². The molecule has 0 bridgehead atoms. The van der Waals surface area contributed by atoms with Gasteiger partial charge in [0, 0.05) is 58.2 Å². The summed E-state index contributed by atoms with van der Waals surface area (Å²) in [7, 11) is 1.86. The lowest BCUT2D eigenvalue weighted by Crippen LogP contribution is -2.48. The number of nitrogens with one attached hydrogen (secondary N) is 2. The number of hydrogen-bond acceptors (Lipinski definition) is 3. The fraction of sp³-hybridized carbons (Fsp3) is 0.545. The molecule has 1 aliphatic rings. The lowest BCUT2D eigenvalue weighted by atomic mass is 10.0. The average Bonchev–Trinajstić information content (AvgIpc) is 3.13. The van der Waals surface area contributed by atoms with E-state index in [2.05, 4.69) is 67.3 Å². The largest absolute Gasteiger partial charge is 0.356 e. The molecule has 3 rings (SSSR count). The van der Waals surface area contributed by atoms with Crippen LogP contribution >= 0.6 is 24.0 Å². The molecule has 1 saturated heterocycles. The highest BCUT2D eigenvalue weighted by atomic mass is 127. The molecule has 0 aliphatic carbocycles. The maximum Gasteiger partial charge on any atom is 0.191 e. The number of piperidine rings is 1. The van der Waals surface area contributed by atoms with Crippen LogP contribution in [0.3, 0.4) is 0 Å². The third kappa shape index (κ3) is 7.97. The number of halogens is 1. The van der Waals surface area contributed by atoms with Gasteiger partial charge < -0.3 is 15.2 Å². The molecule has 160 valence electrons. The van der Waals surface area contributed by atoms with Crippen molar-refractivity contribution in [2.45, 2.75) is 51.7 Å². The second kappa shape index (κ2) is 12.8. The first-order valence-electron chi connectivity index (χ1n) is 10.5. The van der Waals surface area contributed by atoms with Crippen molar-refractivity contribution in [2.24, 2.45) is 4.99 Å². The van der Waals surface area contributed by atoms with E-state index >= 15 is 0 Å². The van der Waals surface area contributed by atoms with Crippen LogP contribution in [-0.4, -0.2) is 53.1 Å². The van der Waals surface area contributed by atoms with Gasteiger partial charge >= 0.3 is 0 Å². The zero-order valence-corrected chi connectivity index (χ0v) is 20.0. The number of benzene rings is 1. The van der Waals surface area contributed by atoms with Crippen LogP contribution in [0, 0.1) is 6.92 Å². The Balaban J connectivity index is 0.00000300. The molecule has 0 saturated carbocycles. The van der Waals surface area contributed by atoms with Crippen molar-refractivity contribution in [3.63, 3.8) is 0 Å². The lowest BCUT2D eigenvalue weighted by Gasteiger charge is -2.33. The molecule has 2 heterocycles. The summed E-state index contributed by atoms with van der Waals surface area (Å²) in [6.45, 7) is 7.34. The molecular weight excluding hydrogens is 475 g/mol. The van der Waals surface area contributed by atoms with Crippen molar-refractivity contribution in [3.8, 4) is 0 Å². The van der Waals surface area contributed by atoms with E-state index < -0.39 is 0 Å². The molecule has 0 amide bonds. The summed E-state index contributed by atoms with van der Waals surface area (Å²) >= 11 is 0. The molecule has 0 radical (unpaired) electrons. The zero-order chi connectivity index (χ0) is 19.6. The van der Waals surface area contributed by atoms with Crippen LogP contribution < -0.4 is 10.6 Å². The fourth-order valence-electron chi connectivity index (χ4n) is 3.72. The van der Waals surface area contributed by atoms with Gasteiger partial charge in [0.15, 0.2) is 5.96 Å². The normalized spacial score (nSPS) is 15.7. The van der Waals surface area contributed by atoms with Crippen LogP contribution in [0.5, 0.6) is 0 Å². The molecule has 1 fully saturated rings. The smallest absolute Gasteiger partial charge is 0.191 e. The maximum absolute atomic E-state index is 4.40. The molecule has 6 nitrogen and oxygen atoms in total. The van der Waals surface area contributed by atoms with Crippen LogP contribution in [-0.2, 0) is 13.1 Å². The number of likely N-dealkylation sites (tertiary alicyclic amines) is 1. The first-order valence-corrected chi connectivity index (χ1v) is 10.5. The van der Waals surface area contributed by atoms with Gasteiger partial charge in [-0.05, 0) is 38.2 Å². The number of unbranched alkanes of at least 4 members (excludes halogenated alkanes) is 1. The molecule has 2 N–H and O–H groups in total. The van der Waals surface area contributed by atoms with Crippen molar-refractivity contribution in [1.82, 2.24) is 25.1 Å². The Morgan fingerprint density at radius 2 is 1.93 bits per heavy atom. The molecule has 29 heavy (non-hydrogen) atoms. The number of imidazole rings is 1. The third-order valence-corrected chi connectivity index (χ3v) is 5.44. The highest BCUT2D eigenvalue weighted by molar-refractivity contribution is 14.0. The van der Waals surface area contributed by atoms with Gasteiger partial charge in [0.05, 0.1) is 0 Å². The Kier molecular flexibility index (Phi) is 10.5. The number of rotatable bonds is 8. The minimum Gasteiger partial charge on any atom is -0.356 e. The molecule has 7 heteroatoms. The molecular formula is C22H35IN6. The monoisotopic (exact) mass is 510 g/mol. The lowest BCUT2D eigenvalue weighted by molar-refractivity contribution is 0.198. The molecule has 0 spiro atoms. The van der Waals surface area contributed by atoms with Gasteiger partial charge in [-0.25, -0.2) is 4.98 Å². The summed E-state index contributed by atoms with van der Waals surface area (Å²) in [6.07, 6.45) is 8.49. The average molecular weight is 510 g/mol. The summed E-state index contributed by atoms with van der Waals surface area (Å²) < 4.78 is 2.20. The first-order chi connectivity index (χ1) is 13.7. The quantitative estimate of drug-likeness (QED) is 0.247. The predicted octanol–water partition coefficient (Wildman–Crippen LogP) is 3.42. The van der Waals surface area contributed by atoms with Crippen LogP contribution in [0.2, 0.25) is 0 Å². The second-order valence-corrected chi connectivity index (χ2v) is 7.55. The van der Waals surface area contributed by atoms with Crippen molar-refractivity contribution >= 4 is 29.9 Å². The Labute approximate surface area is 192 Å². The Morgan fingerprint density at radius 3 is 2.59 bits per heavy atom. The number of hydrogen-bond donors (Lipinski definition) is 2. The number of nitrogens with zero attached hydrogens (tertiary/aromatic N) is 4. The summed E-state index contributed by atoms with van der Waals surface area (Å²) in [6, 6.07) is 11.3. The minimum absolute atomic E-state index is 0. The van der Waals surface area contributed by atoms with Gasteiger partial charge in [0.2, 0.25) is 0 Å². The van der Waals surface area contributed by atoms with Crippen LogP contribution in [0.4, 0.5) is 0 Å². The number of aryl methyl sites for hydroxylation is 2. The first kappa shape index (κ1) is 23.7. The molecule has 1 aromatic carbocycles. The van der Waals surface area contributed by atoms with Crippen LogP contribution in [0.1, 0.15) is 37.1 Å². The minimum atomic E-state index is 0. The highest BCUT2D eigenvalue weighted by Gasteiger charge is 2.19. The Morgan fingerprint density at radius 1 is 1.17 bits per heavy atom. The van der Waals surface area contributed by atoms with E-state index in [0.29, 0.717) is 6.04 Å². The van der Waals surface area contributed by atoms with E-state index in [4.69, 9.17) is 0 Å². The van der Waals surface area contributed by atoms with Crippen molar-refractivity contribution < 1.29 is 0 Å². The maximum atomic E-state index is 4.40. The molecule has 1 aromatic heterocycles. The van der Waals surface area contributed by atoms with Crippen molar-refractivity contribution in [1.29, 1.82) is 0 Å². The SMILES string of the molecule is CN=C(NCCCCn1ccnc1C)NC1CCN(Cc2ccccc2)CC1.I. The topological polar surface area (TPSA) is 57.5 Å². The molecule has 0 atom stereocenters. The van der Waals surface area contributed by atoms with Gasteiger partial charge in [-0.15, -0.1) is 24.0 Å². The van der Waals surface area contributed by atoms with E-state index in [0.717, 1.165) is 70.2 Å². The number of aromatic nitrogens is 2. The number of aliphatic imine (C=N–C) groups is 1. The second-order valence-electron chi connectivity index (χ2n) is 7.55. The molecule has 2 aromatic rings. The third-order valence-electron chi connectivity index (χ3n) is 5.44. The van der Waals surface area contributed by atoms with Crippen molar-refractivity contribution in [2.75, 3.05) is 26.7 Å². The fourth-order valence-corrected chi connectivity index (χ4v) is 3.72. The van der Waals surface area contributed by atoms with Gasteiger partial charge in [-0.1, -0.05) is 30.3 Å². The van der Waals surface area contributed by atoms with Crippen LogP contribution in [0.25, 0.3) is 0 Å². The van der Waals surface area contributed by atoms with Gasteiger partial charge in [0.25, 0.3) is 0 Å². The van der Waals surface area contributed by atoms with E-state index in [1.807, 2.05) is 19.4 Å². The van der Waals surface area contributed by atoms with E-state index in [-0.39, 0.29) is 24.0 Å². The Bertz CT molecular complexity index is 722. The summed E-state index contributed by atoms with van der Waals surface area (Å²) in [4.78, 5) is 11.2. The summed E-state index contributed by atoms with van der Waals surface area (Å²) in [5.41, 5.74) is 1.40. The predicted molar refractivity (Wildman–Crippen MR) is 131 cm³/mol. The zero-order valence-electron chi connectivity index (χ0n) is 17.7. The van der Waals surface area contributed by atoms with Gasteiger partial charge in [-0.2, -0.15) is 0 Å². The van der Waals surface area contributed by atoms with Crippen molar-refractivity contribution in [3.05, 3.63) is 54.1 Å². The molecule has 0 unspecified atom stereocenters. The van der Waals surface area contributed by atoms with E-state index in [9.17, 15) is 0 Å².